The van der Waals surface area contributed by atoms with Crippen LogP contribution in [0.15, 0.2) is 28.8 Å². The van der Waals surface area contributed by atoms with Gasteiger partial charge in [0.1, 0.15) is 17.4 Å². The van der Waals surface area contributed by atoms with Crippen LogP contribution in [0.1, 0.15) is 55.9 Å². The number of halogens is 2. The van der Waals surface area contributed by atoms with Crippen molar-refractivity contribution in [2.24, 2.45) is 5.92 Å². The first-order chi connectivity index (χ1) is 16.4. The van der Waals surface area contributed by atoms with Crippen LogP contribution in [0.25, 0.3) is 0 Å². The maximum atomic E-state index is 12.7. The fourth-order valence-corrected chi connectivity index (χ4v) is 3.69. The summed E-state index contributed by atoms with van der Waals surface area (Å²) in [6.07, 6.45) is 0.917. The van der Waals surface area contributed by atoms with E-state index in [-0.39, 0.29) is 27.9 Å². The lowest BCUT2D eigenvalue weighted by molar-refractivity contribution is -0.142. The zero-order valence-electron chi connectivity index (χ0n) is 20.4. The lowest BCUT2D eigenvalue weighted by Gasteiger charge is -2.20. The normalized spacial score (nSPS) is 13.0. The molecule has 0 bridgehead atoms. The Balaban J connectivity index is 1.93. The minimum Gasteiger partial charge on any atom is -0.467 e. The second kappa shape index (κ2) is 12.8. The predicted octanol–water partition coefficient (Wildman–Crippen LogP) is 4.59. The number of hydrogen-bond donors (Lipinski definition) is 2. The molecule has 0 spiro atoms. The van der Waals surface area contributed by atoms with Crippen molar-refractivity contribution in [3.05, 3.63) is 51.3 Å². The molecule has 2 unspecified atom stereocenters. The Bertz CT molecular complexity index is 1010. The molecule has 2 rings (SSSR count). The van der Waals surface area contributed by atoms with Gasteiger partial charge in [0.05, 0.1) is 28.4 Å². The molecule has 2 atom stereocenters. The highest BCUT2D eigenvalue weighted by Crippen LogP contribution is 2.24. The summed E-state index contributed by atoms with van der Waals surface area (Å²) in [7, 11) is 1.22. The molecule has 0 aliphatic rings. The quantitative estimate of drug-likeness (QED) is 0.433. The van der Waals surface area contributed by atoms with Crippen molar-refractivity contribution in [1.29, 1.82) is 0 Å². The fraction of sp³-hybridized carbons (Fsp3) is 0.500. The summed E-state index contributed by atoms with van der Waals surface area (Å²) in [5, 5.41) is 9.71. The van der Waals surface area contributed by atoms with Crippen LogP contribution in [0.5, 0.6) is 0 Å². The Labute approximate surface area is 214 Å². The maximum Gasteiger partial charge on any atom is 0.407 e. The van der Waals surface area contributed by atoms with E-state index in [1.165, 1.54) is 19.2 Å². The summed E-state index contributed by atoms with van der Waals surface area (Å²) in [5.41, 5.74) is 0.205. The van der Waals surface area contributed by atoms with Crippen LogP contribution < -0.4 is 10.6 Å². The molecule has 0 saturated heterocycles. The van der Waals surface area contributed by atoms with Gasteiger partial charge in [-0.25, -0.2) is 9.59 Å². The largest absolute Gasteiger partial charge is 0.467 e. The number of aromatic nitrogens is 1. The van der Waals surface area contributed by atoms with Crippen molar-refractivity contribution >= 4 is 41.2 Å². The van der Waals surface area contributed by atoms with Crippen molar-refractivity contribution in [3.8, 4) is 0 Å². The Hall–Kier alpha value is -2.78. The maximum absolute atomic E-state index is 12.7. The van der Waals surface area contributed by atoms with Crippen LogP contribution >= 0.6 is 23.2 Å². The van der Waals surface area contributed by atoms with Gasteiger partial charge in [0.25, 0.3) is 5.91 Å². The van der Waals surface area contributed by atoms with Crippen molar-refractivity contribution in [1.82, 2.24) is 15.8 Å². The molecule has 0 aliphatic heterocycles. The van der Waals surface area contributed by atoms with Gasteiger partial charge in [0, 0.05) is 19.0 Å². The molecule has 35 heavy (non-hydrogen) atoms. The second-order valence-electron chi connectivity index (χ2n) is 9.16. The Morgan fingerprint density at radius 2 is 1.83 bits per heavy atom. The summed E-state index contributed by atoms with van der Waals surface area (Å²) in [6.45, 7) is 7.88. The number of esters is 1. The minimum absolute atomic E-state index is 0.0310. The number of carbonyl (C=O) groups excluding carboxylic acids is 3. The average Bonchev–Trinajstić information content (AvgIpc) is 3.21. The Morgan fingerprint density at radius 3 is 2.43 bits per heavy atom. The number of methoxy groups -OCH3 is 1. The molecular formula is C24H31Cl2N3O6. The predicted molar refractivity (Wildman–Crippen MR) is 132 cm³/mol. The van der Waals surface area contributed by atoms with Gasteiger partial charge in [-0.15, -0.1) is 0 Å². The van der Waals surface area contributed by atoms with E-state index < -0.39 is 29.6 Å². The number of rotatable bonds is 10. The minimum atomic E-state index is -1.03. The number of amides is 2. The number of carbonyl (C=O) groups is 3. The first-order valence-electron chi connectivity index (χ1n) is 11.1. The van der Waals surface area contributed by atoms with Crippen molar-refractivity contribution in [2.45, 2.75) is 58.6 Å². The third kappa shape index (κ3) is 9.41. The SMILES string of the molecule is COC(=O)C(Cc1cc(CCC(C)CNC(=O)OC(C)(C)C)no1)NC(=O)c1c(Cl)cccc1Cl. The average molecular weight is 528 g/mol. The van der Waals surface area contributed by atoms with Crippen LogP contribution in [0.3, 0.4) is 0 Å². The molecule has 1 aromatic heterocycles. The summed E-state index contributed by atoms with van der Waals surface area (Å²) in [5.74, 6) is -0.686. The molecule has 0 aliphatic carbocycles. The highest BCUT2D eigenvalue weighted by atomic mass is 35.5. The third-order valence-corrected chi connectivity index (χ3v) is 5.51. The standard InChI is InChI=1S/C24H31Cl2N3O6/c1-14(13-27-23(32)34-24(2,3)4)9-10-15-11-16(35-29-15)12-19(22(31)33-5)28-21(30)20-17(25)7-6-8-18(20)26/h6-8,11,14,19H,9-10,12-13H2,1-5H3,(H,27,32)(H,28,30). The lowest BCUT2D eigenvalue weighted by Crippen LogP contribution is -2.43. The van der Waals surface area contributed by atoms with Crippen LogP contribution in [0.2, 0.25) is 10.0 Å². The molecule has 0 saturated carbocycles. The summed E-state index contributed by atoms with van der Waals surface area (Å²) >= 11 is 12.2. The number of alkyl carbamates (subject to hydrolysis) is 1. The number of aryl methyl sites for hydroxylation is 1. The Kier molecular flexibility index (Phi) is 10.4. The number of benzene rings is 1. The van der Waals surface area contributed by atoms with Gasteiger partial charge in [-0.2, -0.15) is 0 Å². The van der Waals surface area contributed by atoms with Gasteiger partial charge in [-0.1, -0.05) is 41.3 Å². The zero-order chi connectivity index (χ0) is 26.2. The molecule has 9 nitrogen and oxygen atoms in total. The van der Waals surface area contributed by atoms with E-state index in [1.54, 1.807) is 32.9 Å². The smallest absolute Gasteiger partial charge is 0.407 e. The van der Waals surface area contributed by atoms with E-state index >= 15 is 0 Å². The molecule has 1 aromatic carbocycles. The van der Waals surface area contributed by atoms with Crippen LogP contribution in [-0.4, -0.2) is 48.4 Å². The van der Waals surface area contributed by atoms with Crippen molar-refractivity contribution in [3.63, 3.8) is 0 Å². The number of nitrogens with zero attached hydrogens (tertiary/aromatic N) is 1. The van der Waals surface area contributed by atoms with Gasteiger partial charge in [0.2, 0.25) is 0 Å². The lowest BCUT2D eigenvalue weighted by atomic mass is 10.0. The fourth-order valence-electron chi connectivity index (χ4n) is 3.12. The van der Waals surface area contributed by atoms with Crippen LogP contribution in [-0.2, 0) is 27.1 Å². The highest BCUT2D eigenvalue weighted by molar-refractivity contribution is 6.39. The summed E-state index contributed by atoms with van der Waals surface area (Å²) in [6, 6.07) is 5.37. The molecule has 192 valence electrons. The van der Waals surface area contributed by atoms with Gasteiger partial charge in [-0.3, -0.25) is 4.79 Å². The molecule has 2 aromatic rings. The Morgan fingerprint density at radius 1 is 1.17 bits per heavy atom. The van der Waals surface area contributed by atoms with E-state index in [0.717, 1.165) is 6.42 Å². The van der Waals surface area contributed by atoms with Gasteiger partial charge < -0.3 is 24.6 Å². The molecule has 0 fully saturated rings. The molecular weight excluding hydrogens is 497 g/mol. The monoisotopic (exact) mass is 527 g/mol. The number of hydrogen-bond acceptors (Lipinski definition) is 7. The first-order valence-corrected chi connectivity index (χ1v) is 11.9. The van der Waals surface area contributed by atoms with Crippen LogP contribution in [0, 0.1) is 5.92 Å². The van der Waals surface area contributed by atoms with Gasteiger partial charge >= 0.3 is 12.1 Å². The molecule has 1 heterocycles. The number of ether oxygens (including phenoxy) is 2. The van der Waals surface area contributed by atoms with E-state index in [0.29, 0.717) is 24.4 Å². The number of nitrogens with one attached hydrogen (secondary N) is 2. The summed E-state index contributed by atoms with van der Waals surface area (Å²) in [4.78, 5) is 36.8. The van der Waals surface area contributed by atoms with Crippen molar-refractivity contribution < 1.29 is 28.4 Å². The van der Waals surface area contributed by atoms with E-state index in [4.69, 9.17) is 37.2 Å². The van der Waals surface area contributed by atoms with Crippen LogP contribution in [0.4, 0.5) is 4.79 Å². The van der Waals surface area contributed by atoms with E-state index in [9.17, 15) is 14.4 Å². The second-order valence-corrected chi connectivity index (χ2v) is 9.98. The highest BCUT2D eigenvalue weighted by Gasteiger charge is 2.26. The molecule has 11 heteroatoms. The summed E-state index contributed by atoms with van der Waals surface area (Å²) < 4.78 is 15.4. The molecule has 0 radical (unpaired) electrons. The van der Waals surface area contributed by atoms with E-state index in [1.807, 2.05) is 6.92 Å². The van der Waals surface area contributed by atoms with Gasteiger partial charge in [0.15, 0.2) is 0 Å². The van der Waals surface area contributed by atoms with Crippen molar-refractivity contribution in [2.75, 3.05) is 13.7 Å². The molecule has 2 amide bonds. The molecule has 2 N–H and O–H groups in total. The first kappa shape index (κ1) is 28.5. The third-order valence-electron chi connectivity index (χ3n) is 4.88. The topological polar surface area (TPSA) is 120 Å². The van der Waals surface area contributed by atoms with Gasteiger partial charge in [-0.05, 0) is 51.7 Å². The van der Waals surface area contributed by atoms with E-state index in [2.05, 4.69) is 15.8 Å². The zero-order valence-corrected chi connectivity index (χ0v) is 22.0.